The fraction of sp³-hybridized carbons (Fsp3) is 0.449. The van der Waals surface area contributed by atoms with Crippen molar-refractivity contribution >= 4 is 50.5 Å². The van der Waals surface area contributed by atoms with E-state index < -0.39 is 0 Å². The molecule has 3 heterocycles. The van der Waals surface area contributed by atoms with Crippen LogP contribution in [0.3, 0.4) is 0 Å². The fourth-order valence-corrected chi connectivity index (χ4v) is 18.3. The summed E-state index contributed by atoms with van der Waals surface area (Å²) in [6.07, 6.45) is 35.9. The topological polar surface area (TPSA) is 43.1 Å². The van der Waals surface area contributed by atoms with Crippen LogP contribution in [0, 0.1) is 108 Å². The second-order valence-corrected chi connectivity index (χ2v) is 43.4. The molecule has 4 aliphatic rings. The number of hydrogen-bond donors (Lipinski definition) is 0. The number of hydrogen-bond acceptors (Lipinski definition) is 5. The Morgan fingerprint density at radius 1 is 0.346 bits per heavy atom. The summed E-state index contributed by atoms with van der Waals surface area (Å²) in [5.41, 5.74) is 20.4. The molecule has 3 nitrogen and oxygen atoms in total. The van der Waals surface area contributed by atoms with Gasteiger partial charge < -0.3 is 0 Å². The molecule has 17 rings (SSSR count). The molecule has 0 spiro atoms. The molecule has 0 bridgehead atoms. The van der Waals surface area contributed by atoms with Gasteiger partial charge in [0.05, 0.1) is 4.92 Å². The van der Waals surface area contributed by atoms with E-state index in [1.54, 1.807) is 47.8 Å². The van der Waals surface area contributed by atoms with Crippen molar-refractivity contribution in [2.45, 2.75) is 338 Å². The summed E-state index contributed by atoms with van der Waals surface area (Å²) in [5.74, 6) is 6.11. The van der Waals surface area contributed by atoms with Gasteiger partial charge in [0.25, 0.3) is 5.69 Å². The van der Waals surface area contributed by atoms with Crippen LogP contribution in [0.25, 0.3) is 32.3 Å². The van der Waals surface area contributed by atoms with Crippen LogP contribution < -0.4 is 0 Å². The minimum absolute atomic E-state index is 0.183. The number of fused-ring (bicyclic) bond motifs is 1. The Bertz CT molecular complexity index is 4950. The first-order chi connectivity index (χ1) is 63.7. The fourth-order valence-electron chi connectivity index (χ4n) is 16.2. The van der Waals surface area contributed by atoms with E-state index >= 15 is 0 Å². The van der Waals surface area contributed by atoms with E-state index in [0.717, 1.165) is 48.3 Å². The van der Waals surface area contributed by atoms with Gasteiger partial charge in [-0.2, -0.15) is 0 Å². The van der Waals surface area contributed by atoms with E-state index in [1.165, 1.54) is 257 Å². The number of nitro benzene ring substituents is 1. The summed E-state index contributed by atoms with van der Waals surface area (Å²) < 4.78 is 0. The SMILES string of the molecule is CC1CCC(C)CC1.CC1CCCC1.CC1CCCCC1.CC1CCCCCC1.CCCC(C)CCC.CCc1ccccc1.Cc1cc(C(C)(C)C)cc(C(C)(C)C)c1.Cc1ccc(-c2ccccc2)cc1.Cc1ccc2ccccc2c1.Cc1cccc(C)c1.Cc1ccccc1Cc1ccccc1.Cc1ccccc1[N+](=O)[O-].Cc1cccs1.Cc1sccc1-c1cccs1. The summed E-state index contributed by atoms with van der Waals surface area (Å²) in [6, 6.07) is 96.2. The zero-order chi connectivity index (χ0) is 97.6. The molecule has 10 aromatic carbocycles. The Labute approximate surface area is 825 Å². The summed E-state index contributed by atoms with van der Waals surface area (Å²) in [7, 11) is 0. The Hall–Kier alpha value is -9.04. The standard InChI is InChI=1S/C15H24.C14H14.C13H12.C11H10.C9H8S2.C8H16.C8H10.C8H16.C8H10.C8H18.C7H7NO2.C7H14.C6H12.C5H6S/c1-11-8-12(14(2,3)4)10-13(9-11)15(5,6)7;1-12-7-5-6-10-14(12)11-13-8-3-2-4-9-13;1-11-7-9-13(10-8-11)12-5-3-2-4-6-12;1-9-6-7-10-4-2-3-5-11(10)8-9;1-7-8(4-6-10-7)9-3-2-5-11-9;1-7-3-5-8(2)6-4-7;1-7-4-3-5-8(2)6-7;1-8-6-4-2-3-5-7-8;1-2-8-6-4-3-5-7-8;1-4-6-8(3)7-5-2;1-6-4-2-3-5-7(6)8(9)10;1-7-5-3-2-4-6-7;1-6-4-2-3-5-6;1-5-3-2-4-6-5/h8-10H,1-7H3;2-10H,11H2,1H3;2-10H,1H3;2-8H,1H3;2-6H,1H3;7-8H,3-6H2,1-2H3;3-6H,1-2H3;8H,2-7H2,1H3;3-7H,2H2,1H3;8H,4-7H2,1-3H3;2-5H,1H3;7H,2-6H2,1H3;6H,2-5H2,1H3;2-4H,1H3. The van der Waals surface area contributed by atoms with E-state index in [2.05, 4.69) is 418 Å². The summed E-state index contributed by atoms with van der Waals surface area (Å²) in [5, 5.41) is 19.2. The largest absolute Gasteiger partial charge is 0.272 e. The first kappa shape index (κ1) is 116. The zero-order valence-electron chi connectivity index (χ0n) is 87.4. The van der Waals surface area contributed by atoms with Crippen LogP contribution in [-0.2, 0) is 23.7 Å². The zero-order valence-corrected chi connectivity index (χ0v) is 89.9. The third-order valence-electron chi connectivity index (χ3n) is 25.0. The van der Waals surface area contributed by atoms with Gasteiger partial charge in [-0.05, 0) is 211 Å². The van der Waals surface area contributed by atoms with E-state index in [9.17, 15) is 10.1 Å². The van der Waals surface area contributed by atoms with Crippen molar-refractivity contribution in [3.05, 3.63) is 382 Å². The van der Waals surface area contributed by atoms with E-state index in [0.29, 0.717) is 5.56 Å². The molecule has 0 N–H and O–H groups in total. The van der Waals surface area contributed by atoms with Crippen molar-refractivity contribution in [2.24, 2.45) is 35.5 Å². The van der Waals surface area contributed by atoms with Gasteiger partial charge in [-0.3, -0.25) is 10.1 Å². The highest BCUT2D eigenvalue weighted by Gasteiger charge is 2.20. The molecule has 4 aliphatic carbocycles. The smallest absolute Gasteiger partial charge is 0.258 e. The Morgan fingerprint density at radius 3 is 1.15 bits per heavy atom. The molecule has 133 heavy (non-hydrogen) atoms. The van der Waals surface area contributed by atoms with Crippen LogP contribution >= 0.6 is 34.0 Å². The average Bonchev–Trinajstić information content (AvgIpc) is 0.969. The molecule has 4 saturated carbocycles. The molecule has 0 atom stereocenters. The highest BCUT2D eigenvalue weighted by atomic mass is 32.1. The van der Waals surface area contributed by atoms with Crippen molar-refractivity contribution < 1.29 is 4.92 Å². The molecule has 0 unspecified atom stereocenters. The van der Waals surface area contributed by atoms with Gasteiger partial charge in [-0.25, -0.2) is 0 Å². The summed E-state index contributed by atoms with van der Waals surface area (Å²) >= 11 is 5.39. The minimum Gasteiger partial charge on any atom is -0.258 e. The highest BCUT2D eigenvalue weighted by Crippen LogP contribution is 2.34. The third kappa shape index (κ3) is 53.7. The molecule has 13 aromatic rings. The lowest BCUT2D eigenvalue weighted by Gasteiger charge is -2.25. The number of thiophene rings is 3. The number of rotatable bonds is 10. The number of nitrogens with zero attached hydrogens (tertiary/aromatic N) is 1. The van der Waals surface area contributed by atoms with Crippen LogP contribution in [0.15, 0.2) is 295 Å². The molecule has 0 amide bonds. The number of benzene rings is 10. The summed E-state index contributed by atoms with van der Waals surface area (Å²) in [4.78, 5) is 14.0. The lowest BCUT2D eigenvalue weighted by Crippen LogP contribution is -2.16. The molecule has 720 valence electrons. The van der Waals surface area contributed by atoms with Crippen molar-refractivity contribution in [3.8, 4) is 21.6 Å². The van der Waals surface area contributed by atoms with Gasteiger partial charge in [-0.15, -0.1) is 34.0 Å². The first-order valence-corrected chi connectivity index (χ1v) is 53.5. The predicted molar refractivity (Wildman–Crippen MR) is 598 cm³/mol. The van der Waals surface area contributed by atoms with Crippen LogP contribution in [0.2, 0.25) is 0 Å². The van der Waals surface area contributed by atoms with Crippen LogP contribution in [-0.4, -0.2) is 4.92 Å². The lowest BCUT2D eigenvalue weighted by atomic mass is 9.80. The Kier molecular flexibility index (Phi) is 59.5. The Balaban J connectivity index is 0.000000302. The second-order valence-electron chi connectivity index (χ2n) is 40.2. The quantitative estimate of drug-likeness (QED) is 0.0778. The van der Waals surface area contributed by atoms with Gasteiger partial charge >= 0.3 is 0 Å². The molecule has 6 heteroatoms. The first-order valence-electron chi connectivity index (χ1n) is 50.8. The van der Waals surface area contributed by atoms with E-state index in [4.69, 9.17) is 0 Å². The molecular formula is C127H177NO2S3. The maximum absolute atomic E-state index is 10.2. The minimum atomic E-state index is -0.380. The molecule has 3 aromatic heterocycles. The lowest BCUT2D eigenvalue weighted by molar-refractivity contribution is -0.385. The predicted octanol–water partition coefficient (Wildman–Crippen LogP) is 41.1. The van der Waals surface area contributed by atoms with Crippen molar-refractivity contribution in [2.75, 3.05) is 0 Å². The van der Waals surface area contributed by atoms with Crippen molar-refractivity contribution in [1.82, 2.24) is 0 Å². The monoisotopic (exact) mass is 1840 g/mol. The normalized spacial score (nSPS) is 14.4. The van der Waals surface area contributed by atoms with Crippen LogP contribution in [0.1, 0.15) is 328 Å². The third-order valence-corrected chi connectivity index (χ3v) is 27.5. The molecule has 0 aliphatic heterocycles. The van der Waals surface area contributed by atoms with Crippen LogP contribution in [0.4, 0.5) is 5.69 Å². The highest BCUT2D eigenvalue weighted by molar-refractivity contribution is 7.14. The maximum atomic E-state index is 10.2. The van der Waals surface area contributed by atoms with E-state index in [-0.39, 0.29) is 21.4 Å². The number of para-hydroxylation sites is 1. The van der Waals surface area contributed by atoms with Crippen molar-refractivity contribution in [3.63, 3.8) is 0 Å². The molecular weight excluding hydrogens is 1670 g/mol. The molecule has 0 radical (unpaired) electrons. The number of aryl methyl sites for hydroxylation is 10. The molecule has 4 fully saturated rings. The molecule has 0 saturated heterocycles. The van der Waals surface area contributed by atoms with E-state index in [1.807, 2.05) is 23.5 Å². The Morgan fingerprint density at radius 2 is 0.759 bits per heavy atom. The maximum Gasteiger partial charge on any atom is 0.272 e. The second kappa shape index (κ2) is 68.0. The van der Waals surface area contributed by atoms with Gasteiger partial charge in [-0.1, -0.05) is 534 Å². The van der Waals surface area contributed by atoms with Gasteiger partial charge in [0.1, 0.15) is 0 Å². The summed E-state index contributed by atoms with van der Waals surface area (Å²) in [6.45, 7) is 53.2. The van der Waals surface area contributed by atoms with Gasteiger partial charge in [0.2, 0.25) is 0 Å². The average molecular weight is 1850 g/mol. The van der Waals surface area contributed by atoms with Gasteiger partial charge in [0, 0.05) is 31.8 Å². The number of nitro groups is 1. The van der Waals surface area contributed by atoms with Crippen LogP contribution in [0.5, 0.6) is 0 Å². The van der Waals surface area contributed by atoms with Gasteiger partial charge in [0.15, 0.2) is 0 Å². The van der Waals surface area contributed by atoms with Crippen molar-refractivity contribution in [1.29, 1.82) is 0 Å².